The van der Waals surface area contributed by atoms with Gasteiger partial charge < -0.3 is 69.2 Å². The lowest BCUT2D eigenvalue weighted by molar-refractivity contribution is -0.143. The molecule has 9 atom stereocenters. The van der Waals surface area contributed by atoms with Crippen molar-refractivity contribution >= 4 is 70.1 Å². The van der Waals surface area contributed by atoms with Gasteiger partial charge in [0.25, 0.3) is 0 Å². The summed E-state index contributed by atoms with van der Waals surface area (Å²) in [5.74, 6) is -10.1. The van der Waals surface area contributed by atoms with Gasteiger partial charge in [0.1, 0.15) is 48.3 Å². The van der Waals surface area contributed by atoms with Crippen molar-refractivity contribution in [2.75, 3.05) is 6.54 Å². The number of carboxylic acid groups (broad SMARTS) is 2. The van der Waals surface area contributed by atoms with Crippen LogP contribution in [0.2, 0.25) is 0 Å². The van der Waals surface area contributed by atoms with Crippen LogP contribution in [0.5, 0.6) is 0 Å². The number of amides is 8. The SMILES string of the molecule is CC(C)C[C@H](NC(=O)[C@H](Cc1ccccc1)NC(=O)[C@H](Cc1c[nH]c2ccccc12)NC(=O)[C@@H](NC(=O)[C@H](CC(C)C)NC(=O)[C@H](CCC(=O)O)NC(=O)[C@H](C)NC(=O)[C@@H](NC(=O)[C@@H](N)CCCCN)C(C)C)C(C)C)C(=O)O. The molecule has 0 unspecified atom stereocenters. The smallest absolute Gasteiger partial charge is 0.326 e. The molecule has 0 aliphatic rings. The summed E-state index contributed by atoms with van der Waals surface area (Å²) in [5, 5.41) is 41.5. The Morgan fingerprint density at radius 2 is 0.987 bits per heavy atom. The summed E-state index contributed by atoms with van der Waals surface area (Å²) < 4.78 is 0. The minimum Gasteiger partial charge on any atom is -0.481 e. The number of nitrogens with one attached hydrogen (secondary N) is 9. The fourth-order valence-electron chi connectivity index (χ4n) is 8.69. The second kappa shape index (κ2) is 32.5. The molecule has 0 saturated carbocycles. The first kappa shape index (κ1) is 65.9. The molecule has 3 aromatic rings. The van der Waals surface area contributed by atoms with Gasteiger partial charge in [-0.25, -0.2) is 4.79 Å². The highest BCUT2D eigenvalue weighted by Crippen LogP contribution is 2.20. The Balaban J connectivity index is 1.90. The number of para-hydroxylation sites is 1. The van der Waals surface area contributed by atoms with Crippen LogP contribution in [0, 0.1) is 23.7 Å². The largest absolute Gasteiger partial charge is 0.481 e. The number of hydrogen-bond donors (Lipinski definition) is 13. The van der Waals surface area contributed by atoms with Gasteiger partial charge in [-0.3, -0.25) is 43.2 Å². The van der Waals surface area contributed by atoms with Crippen LogP contribution in [0.25, 0.3) is 10.9 Å². The van der Waals surface area contributed by atoms with Crippen molar-refractivity contribution in [3.05, 3.63) is 71.9 Å². The van der Waals surface area contributed by atoms with E-state index in [2.05, 4.69) is 47.5 Å². The number of carbonyl (C=O) groups is 10. The van der Waals surface area contributed by atoms with Crippen LogP contribution in [0.4, 0.5) is 0 Å². The normalized spacial score (nSPS) is 14.9. The topological polar surface area (TPSA) is 375 Å². The summed E-state index contributed by atoms with van der Waals surface area (Å²) >= 11 is 0. The van der Waals surface area contributed by atoms with E-state index in [0.717, 1.165) is 10.9 Å². The number of benzene rings is 2. The van der Waals surface area contributed by atoms with Gasteiger partial charge in [-0.15, -0.1) is 0 Å². The zero-order valence-electron chi connectivity index (χ0n) is 47.0. The lowest BCUT2D eigenvalue weighted by Gasteiger charge is -2.29. The molecule has 0 spiro atoms. The number of carboxylic acids is 2. The zero-order chi connectivity index (χ0) is 59.1. The number of nitrogens with two attached hydrogens (primary N) is 2. The van der Waals surface area contributed by atoms with Crippen LogP contribution in [0.1, 0.15) is 118 Å². The van der Waals surface area contributed by atoms with E-state index in [1.807, 2.05) is 32.0 Å². The quantitative estimate of drug-likeness (QED) is 0.0379. The Morgan fingerprint density at radius 1 is 0.506 bits per heavy atom. The molecule has 1 aromatic heterocycles. The van der Waals surface area contributed by atoms with Crippen molar-refractivity contribution < 1.29 is 58.2 Å². The van der Waals surface area contributed by atoms with E-state index in [1.165, 1.54) is 6.92 Å². The van der Waals surface area contributed by atoms with E-state index in [4.69, 9.17) is 11.5 Å². The van der Waals surface area contributed by atoms with Gasteiger partial charge in [0.05, 0.1) is 6.04 Å². The molecular weight excluding hydrogens is 1020 g/mol. The van der Waals surface area contributed by atoms with Crippen LogP contribution in [-0.2, 0) is 60.8 Å². The molecule has 23 heteroatoms. The van der Waals surface area contributed by atoms with E-state index in [-0.39, 0.29) is 37.5 Å². The molecule has 0 fully saturated rings. The molecule has 436 valence electrons. The molecule has 0 radical (unpaired) electrons. The number of fused-ring (bicyclic) bond motifs is 1. The molecule has 0 saturated heterocycles. The van der Waals surface area contributed by atoms with E-state index < -0.39 is 138 Å². The number of rotatable bonds is 34. The number of aromatic nitrogens is 1. The molecule has 15 N–H and O–H groups in total. The molecule has 79 heavy (non-hydrogen) atoms. The van der Waals surface area contributed by atoms with Gasteiger partial charge in [0.2, 0.25) is 47.3 Å². The molecule has 0 aliphatic heterocycles. The molecular formula is C56H85N11O12. The highest BCUT2D eigenvalue weighted by molar-refractivity contribution is 5.98. The van der Waals surface area contributed by atoms with Gasteiger partial charge in [0, 0.05) is 36.4 Å². The van der Waals surface area contributed by atoms with Crippen LogP contribution in [0.15, 0.2) is 60.8 Å². The number of aromatic amines is 1. The maximum absolute atomic E-state index is 14.6. The summed E-state index contributed by atoms with van der Waals surface area (Å²) in [4.78, 5) is 139. The molecule has 1 heterocycles. The Hall–Kier alpha value is -7.40. The highest BCUT2D eigenvalue weighted by atomic mass is 16.4. The van der Waals surface area contributed by atoms with Crippen LogP contribution in [0.3, 0.4) is 0 Å². The molecule has 0 aliphatic carbocycles. The summed E-state index contributed by atoms with van der Waals surface area (Å²) in [6, 6.07) is 4.68. The third-order valence-corrected chi connectivity index (χ3v) is 13.1. The van der Waals surface area contributed by atoms with Crippen molar-refractivity contribution in [3.8, 4) is 0 Å². The first-order valence-electron chi connectivity index (χ1n) is 27.1. The minimum atomic E-state index is -1.52. The van der Waals surface area contributed by atoms with Gasteiger partial charge in [-0.05, 0) is 86.4 Å². The van der Waals surface area contributed by atoms with Crippen molar-refractivity contribution in [1.29, 1.82) is 0 Å². The molecule has 23 nitrogen and oxygen atoms in total. The Bertz CT molecular complexity index is 2530. The number of H-pyrrole nitrogens is 1. The third kappa shape index (κ3) is 22.1. The van der Waals surface area contributed by atoms with E-state index in [0.29, 0.717) is 36.9 Å². The van der Waals surface area contributed by atoms with Gasteiger partial charge in [0.15, 0.2) is 0 Å². The Kier molecular flexibility index (Phi) is 27.1. The third-order valence-electron chi connectivity index (χ3n) is 13.1. The van der Waals surface area contributed by atoms with Gasteiger partial charge in [-0.1, -0.05) is 110 Å². The van der Waals surface area contributed by atoms with Crippen LogP contribution >= 0.6 is 0 Å². The second-order valence-corrected chi connectivity index (χ2v) is 21.7. The first-order valence-corrected chi connectivity index (χ1v) is 27.1. The maximum atomic E-state index is 14.6. The predicted octanol–water partition coefficient (Wildman–Crippen LogP) is 1.66. The van der Waals surface area contributed by atoms with Gasteiger partial charge in [-0.2, -0.15) is 0 Å². The maximum Gasteiger partial charge on any atom is 0.326 e. The number of carbonyl (C=O) groups excluding carboxylic acids is 8. The molecule has 8 amide bonds. The second-order valence-electron chi connectivity index (χ2n) is 21.7. The average Bonchev–Trinajstić information content (AvgIpc) is 3.82. The molecule has 0 bridgehead atoms. The average molecular weight is 1100 g/mol. The highest BCUT2D eigenvalue weighted by Gasteiger charge is 2.36. The summed E-state index contributed by atoms with van der Waals surface area (Å²) in [6.07, 6.45) is 2.32. The Labute approximate surface area is 462 Å². The Morgan fingerprint density at radius 3 is 1.56 bits per heavy atom. The first-order chi connectivity index (χ1) is 37.2. The lowest BCUT2D eigenvalue weighted by Crippen LogP contribution is -2.61. The van der Waals surface area contributed by atoms with E-state index in [9.17, 15) is 58.2 Å². The van der Waals surface area contributed by atoms with E-state index >= 15 is 0 Å². The zero-order valence-corrected chi connectivity index (χ0v) is 47.0. The van der Waals surface area contributed by atoms with Crippen LogP contribution in [-0.4, -0.2) is 135 Å². The molecule has 3 rings (SSSR count). The van der Waals surface area contributed by atoms with E-state index in [1.54, 1.807) is 84.1 Å². The van der Waals surface area contributed by atoms with Crippen molar-refractivity contribution in [2.45, 2.75) is 174 Å². The number of unbranched alkanes of at least 4 members (excludes halogenated alkanes) is 1. The monoisotopic (exact) mass is 1100 g/mol. The number of aliphatic carboxylic acids is 2. The van der Waals surface area contributed by atoms with Crippen LogP contribution < -0.4 is 54.0 Å². The van der Waals surface area contributed by atoms with Crippen molar-refractivity contribution in [2.24, 2.45) is 35.1 Å². The summed E-state index contributed by atoms with van der Waals surface area (Å²) in [5.41, 5.74) is 13.6. The molecule has 2 aromatic carbocycles. The standard InChI is InChI=1S/C56H85N11O12/c1-30(2)25-41(62-50(72)40(22-23-45(68)69)61-48(70)34(9)60-54(76)46(32(5)6)66-49(71)38(58)20-15-16-24-57)53(75)67-47(33(7)8)55(77)64-43(28-36-29-59-39-21-14-13-19-37(36)39)52(74)63-42(27-35-17-11-10-12-18-35)51(73)65-44(56(78)79)26-31(3)4/h10-14,17-19,21,29-34,38,40-44,46-47,59H,15-16,20,22-28,57-58H2,1-9H3,(H,60,76)(H,61,70)(H,62,72)(H,63,74)(H,64,77)(H,65,73)(H,66,71)(H,67,75)(H,68,69)(H,78,79)/t34-,38-,40-,41-,42-,43-,44-,46-,47-/m0/s1. The lowest BCUT2D eigenvalue weighted by atomic mass is 9.98. The summed E-state index contributed by atoms with van der Waals surface area (Å²) in [7, 11) is 0. The number of hydrogen-bond acceptors (Lipinski definition) is 12. The fourth-order valence-corrected chi connectivity index (χ4v) is 8.69. The fraction of sp³-hybridized carbons (Fsp3) is 0.571. The minimum absolute atomic E-state index is 0.0193. The summed E-state index contributed by atoms with van der Waals surface area (Å²) in [6.45, 7) is 15.6. The van der Waals surface area contributed by atoms with Gasteiger partial charge >= 0.3 is 11.9 Å². The van der Waals surface area contributed by atoms with Crippen molar-refractivity contribution in [3.63, 3.8) is 0 Å². The predicted molar refractivity (Wildman–Crippen MR) is 297 cm³/mol. The van der Waals surface area contributed by atoms with Crippen molar-refractivity contribution in [1.82, 2.24) is 47.5 Å².